The van der Waals surface area contributed by atoms with E-state index in [1.54, 1.807) is 29.1 Å². The maximum Gasteiger partial charge on any atom is 0.498 e. The molecule has 0 spiro atoms. The van der Waals surface area contributed by atoms with Crippen molar-refractivity contribution in [1.82, 2.24) is 14.9 Å². The lowest BCUT2D eigenvalue weighted by molar-refractivity contribution is 0.00578. The van der Waals surface area contributed by atoms with Crippen molar-refractivity contribution < 1.29 is 18.8 Å². The first-order valence-electron chi connectivity index (χ1n) is 9.68. The van der Waals surface area contributed by atoms with Crippen molar-refractivity contribution in [3.63, 3.8) is 0 Å². The molecule has 0 bridgehead atoms. The molecule has 2 fully saturated rings. The fourth-order valence-corrected chi connectivity index (χ4v) is 3.96. The third kappa shape index (κ3) is 4.80. The van der Waals surface area contributed by atoms with Crippen LogP contribution in [0.3, 0.4) is 0 Å². The summed E-state index contributed by atoms with van der Waals surface area (Å²) in [5.41, 5.74) is -0.445. The topological polar surface area (TPSA) is 73.8 Å². The smallest absolute Gasteiger partial charge is 0.444 e. The largest absolute Gasteiger partial charge is 0.498 e. The molecular weight excluding hydrogens is 377 g/mol. The predicted octanol–water partition coefficient (Wildman–Crippen LogP) is 2.88. The first-order valence-corrected chi connectivity index (χ1v) is 10.6. The lowest BCUT2D eigenvalue weighted by Crippen LogP contribution is -2.41. The minimum Gasteiger partial charge on any atom is -0.444 e. The van der Waals surface area contributed by atoms with E-state index in [2.05, 4.69) is 9.97 Å². The molecule has 0 aliphatic carbocycles. The summed E-state index contributed by atoms with van der Waals surface area (Å²) in [6.07, 6.45) is 4.16. The number of rotatable bonds is 3. The number of nitrogens with zero attached hydrogens (tertiary/aromatic N) is 3. The van der Waals surface area contributed by atoms with Crippen molar-refractivity contribution in [2.45, 2.75) is 82.1 Å². The van der Waals surface area contributed by atoms with Crippen LogP contribution in [-0.2, 0) is 14.0 Å². The van der Waals surface area contributed by atoms with Gasteiger partial charge in [0, 0.05) is 36.2 Å². The Morgan fingerprint density at radius 3 is 2.32 bits per heavy atom. The van der Waals surface area contributed by atoms with E-state index in [1.807, 2.05) is 48.5 Å². The summed E-state index contributed by atoms with van der Waals surface area (Å²) in [5.74, 6) is 0. The van der Waals surface area contributed by atoms with Crippen LogP contribution in [0, 0.1) is 0 Å². The van der Waals surface area contributed by atoms with Gasteiger partial charge in [0.1, 0.15) is 5.60 Å². The van der Waals surface area contributed by atoms with Gasteiger partial charge in [0.25, 0.3) is 0 Å². The van der Waals surface area contributed by atoms with Crippen molar-refractivity contribution >= 4 is 30.4 Å². The quantitative estimate of drug-likeness (QED) is 0.564. The van der Waals surface area contributed by atoms with Gasteiger partial charge in [-0.1, -0.05) is 11.8 Å². The maximum absolute atomic E-state index is 12.2. The van der Waals surface area contributed by atoms with Gasteiger partial charge < -0.3 is 18.9 Å². The average molecular weight is 407 g/mol. The molecule has 2 saturated heterocycles. The lowest BCUT2D eigenvalue weighted by atomic mass is 9.81. The summed E-state index contributed by atoms with van der Waals surface area (Å²) >= 11 is 1.59. The number of hydrogen-bond acceptors (Lipinski definition) is 7. The van der Waals surface area contributed by atoms with E-state index in [1.165, 1.54) is 0 Å². The third-order valence-electron chi connectivity index (χ3n) is 5.24. The molecule has 3 rings (SSSR count). The molecule has 1 atom stereocenters. The van der Waals surface area contributed by atoms with Crippen molar-refractivity contribution in [1.29, 1.82) is 0 Å². The first-order chi connectivity index (χ1) is 12.9. The van der Waals surface area contributed by atoms with Gasteiger partial charge in [-0.05, 0) is 54.9 Å². The molecule has 1 aromatic rings. The molecule has 0 aromatic carbocycles. The summed E-state index contributed by atoms with van der Waals surface area (Å²) in [4.78, 5) is 22.9. The molecule has 1 aromatic heterocycles. The maximum atomic E-state index is 12.2. The monoisotopic (exact) mass is 407 g/mol. The number of aromatic nitrogens is 2. The molecule has 0 saturated carbocycles. The van der Waals surface area contributed by atoms with Crippen LogP contribution in [0.15, 0.2) is 17.6 Å². The van der Waals surface area contributed by atoms with Crippen LogP contribution in [0.25, 0.3) is 0 Å². The van der Waals surface area contributed by atoms with Gasteiger partial charge in [-0.15, -0.1) is 0 Å². The zero-order chi connectivity index (χ0) is 20.7. The molecule has 154 valence electrons. The van der Waals surface area contributed by atoms with Crippen LogP contribution in [0.4, 0.5) is 4.79 Å². The fourth-order valence-electron chi connectivity index (χ4n) is 2.95. The minimum absolute atomic E-state index is 0.257. The zero-order valence-corrected chi connectivity index (χ0v) is 18.6. The molecule has 0 radical (unpaired) electrons. The van der Waals surface area contributed by atoms with E-state index in [4.69, 9.17) is 14.0 Å². The highest BCUT2D eigenvalue weighted by molar-refractivity contribution is 7.99. The number of carbonyl (C=O) groups excluding carboxylic acids is 1. The normalized spacial score (nSPS) is 23.9. The van der Waals surface area contributed by atoms with Gasteiger partial charge in [-0.25, -0.2) is 14.8 Å². The summed E-state index contributed by atoms with van der Waals surface area (Å²) in [6.45, 7) is 15.1. The van der Waals surface area contributed by atoms with Crippen LogP contribution in [-0.4, -0.2) is 63.2 Å². The summed E-state index contributed by atoms with van der Waals surface area (Å²) in [6, 6.07) is 0. The molecule has 7 nitrogen and oxygen atoms in total. The summed E-state index contributed by atoms with van der Waals surface area (Å²) in [5, 5.41) is 0.950. The van der Waals surface area contributed by atoms with E-state index in [-0.39, 0.29) is 22.5 Å². The number of amides is 1. The zero-order valence-electron chi connectivity index (χ0n) is 17.8. The Hall–Kier alpha value is -1.32. The molecule has 3 heterocycles. The Balaban J connectivity index is 1.55. The Labute approximate surface area is 172 Å². The highest BCUT2D eigenvalue weighted by Crippen LogP contribution is 2.36. The van der Waals surface area contributed by atoms with Gasteiger partial charge in [-0.3, -0.25) is 0 Å². The number of carbonyl (C=O) groups is 1. The van der Waals surface area contributed by atoms with Gasteiger partial charge in [0.2, 0.25) is 0 Å². The van der Waals surface area contributed by atoms with Gasteiger partial charge in [-0.2, -0.15) is 0 Å². The first kappa shape index (κ1) is 21.4. The number of thioether (sulfide) groups is 1. The van der Waals surface area contributed by atoms with E-state index >= 15 is 0 Å². The van der Waals surface area contributed by atoms with Crippen LogP contribution < -0.4 is 5.46 Å². The van der Waals surface area contributed by atoms with Gasteiger partial charge >= 0.3 is 13.2 Å². The third-order valence-corrected chi connectivity index (χ3v) is 6.38. The SMILES string of the molecule is CC(C)(C)OC(=O)N1CCC(Sc2ncc(B3OC(C)(C)C(C)(C)O3)cn2)C1. The molecule has 2 aliphatic rings. The second-order valence-electron chi connectivity index (χ2n) is 9.34. The number of hydrogen-bond donors (Lipinski definition) is 0. The number of ether oxygens (including phenoxy) is 1. The van der Waals surface area contributed by atoms with Crippen LogP contribution in [0.5, 0.6) is 0 Å². The van der Waals surface area contributed by atoms with Gasteiger partial charge in [0.15, 0.2) is 5.16 Å². The Morgan fingerprint density at radius 2 is 1.79 bits per heavy atom. The lowest BCUT2D eigenvalue weighted by Gasteiger charge is -2.32. The molecule has 2 aliphatic heterocycles. The minimum atomic E-state index is -0.477. The van der Waals surface area contributed by atoms with E-state index in [0.717, 1.165) is 11.9 Å². The van der Waals surface area contributed by atoms with Crippen LogP contribution in [0.2, 0.25) is 0 Å². The molecule has 28 heavy (non-hydrogen) atoms. The second kappa shape index (κ2) is 7.50. The van der Waals surface area contributed by atoms with Crippen molar-refractivity contribution in [3.05, 3.63) is 12.4 Å². The highest BCUT2D eigenvalue weighted by atomic mass is 32.2. The Bertz CT molecular complexity index is 705. The van der Waals surface area contributed by atoms with E-state index < -0.39 is 12.7 Å². The molecular formula is C19H30BN3O4S. The fraction of sp³-hybridized carbons (Fsp3) is 0.737. The number of likely N-dealkylation sites (tertiary alicyclic amines) is 1. The Morgan fingerprint density at radius 1 is 1.21 bits per heavy atom. The molecule has 0 N–H and O–H groups in total. The Kier molecular flexibility index (Phi) is 5.73. The van der Waals surface area contributed by atoms with E-state index in [9.17, 15) is 4.79 Å². The molecule has 1 unspecified atom stereocenters. The van der Waals surface area contributed by atoms with Crippen molar-refractivity contribution in [3.8, 4) is 0 Å². The standard InChI is InChI=1S/C19H30BN3O4S/c1-17(2,3)25-16(24)23-9-8-14(12-23)28-15-21-10-13(11-22-15)20-26-18(4,5)19(6,7)27-20/h10-11,14H,8-9,12H2,1-7H3. The van der Waals surface area contributed by atoms with Crippen molar-refractivity contribution in [2.24, 2.45) is 0 Å². The highest BCUT2D eigenvalue weighted by Gasteiger charge is 2.52. The van der Waals surface area contributed by atoms with Crippen molar-refractivity contribution in [2.75, 3.05) is 13.1 Å². The predicted molar refractivity (Wildman–Crippen MR) is 110 cm³/mol. The van der Waals surface area contributed by atoms with Crippen LogP contribution in [0.1, 0.15) is 54.9 Å². The summed E-state index contributed by atoms with van der Waals surface area (Å²) in [7, 11) is -0.460. The molecule has 9 heteroatoms. The average Bonchev–Trinajstić information content (AvgIpc) is 3.09. The summed E-state index contributed by atoms with van der Waals surface area (Å²) < 4.78 is 17.5. The van der Waals surface area contributed by atoms with Gasteiger partial charge in [0.05, 0.1) is 11.2 Å². The molecule has 1 amide bonds. The van der Waals surface area contributed by atoms with E-state index in [0.29, 0.717) is 18.2 Å². The van der Waals surface area contributed by atoms with Crippen LogP contribution >= 0.6 is 11.8 Å². The second-order valence-corrected chi connectivity index (χ2v) is 10.6.